The number of hydrogen-bond donors (Lipinski definition) is 2. The van der Waals surface area contributed by atoms with Crippen molar-refractivity contribution in [1.29, 1.82) is 0 Å². The van der Waals surface area contributed by atoms with E-state index in [1.807, 2.05) is 13.0 Å². The number of rotatable bonds is 3. The molecule has 0 aliphatic carbocycles. The number of nitrogen functional groups attached to an aromatic ring is 1. The minimum atomic E-state index is -3.42. The van der Waals surface area contributed by atoms with Gasteiger partial charge in [-0.15, -0.1) is 0 Å². The number of nitrogens with two attached hydrogens (primary N) is 1. The van der Waals surface area contributed by atoms with Crippen LogP contribution >= 0.6 is 15.9 Å². The molecule has 3 N–H and O–H groups in total. The Balaban J connectivity index is 2.25. The van der Waals surface area contributed by atoms with Crippen LogP contribution in [0.25, 0.3) is 0 Å². The highest BCUT2D eigenvalue weighted by Crippen LogP contribution is 2.30. The van der Waals surface area contributed by atoms with Crippen molar-refractivity contribution < 1.29 is 13.2 Å². The maximum Gasteiger partial charge on any atom is 0.235 e. The van der Waals surface area contributed by atoms with E-state index in [4.69, 9.17) is 10.5 Å². The van der Waals surface area contributed by atoms with Crippen LogP contribution in [-0.4, -0.2) is 26.9 Å². The summed E-state index contributed by atoms with van der Waals surface area (Å²) >= 11 is 3.33. The van der Waals surface area contributed by atoms with Crippen LogP contribution in [0.5, 0.6) is 0 Å². The Labute approximate surface area is 121 Å². The molecule has 2 rings (SSSR count). The lowest BCUT2D eigenvalue weighted by atomic mass is 10.2. The summed E-state index contributed by atoms with van der Waals surface area (Å²) in [7, 11) is -3.42. The van der Waals surface area contributed by atoms with Gasteiger partial charge in [0.1, 0.15) is 0 Å². The van der Waals surface area contributed by atoms with Gasteiger partial charge in [-0.3, -0.25) is 4.72 Å². The molecule has 1 aromatic rings. The van der Waals surface area contributed by atoms with Crippen LogP contribution in [0.1, 0.15) is 18.4 Å². The van der Waals surface area contributed by atoms with Gasteiger partial charge in [0.25, 0.3) is 0 Å². The van der Waals surface area contributed by atoms with Crippen molar-refractivity contribution in [3.63, 3.8) is 0 Å². The smallest absolute Gasteiger partial charge is 0.235 e. The Hall–Kier alpha value is -0.790. The highest BCUT2D eigenvalue weighted by molar-refractivity contribution is 9.10. The molecule has 0 aromatic heterocycles. The summed E-state index contributed by atoms with van der Waals surface area (Å²) in [6.07, 6.45) is 1.04. The summed E-state index contributed by atoms with van der Waals surface area (Å²) in [6.45, 7) is 2.80. The zero-order valence-corrected chi connectivity index (χ0v) is 13.1. The summed E-state index contributed by atoms with van der Waals surface area (Å²) in [5.41, 5.74) is 7.56. The standard InChI is InChI=1S/C12H17BrN2O3S/c1-8-6-9(13)7-11(14)12(8)15-19(16,17)10-2-4-18-5-3-10/h6-7,10,15H,2-5,14H2,1H3. The van der Waals surface area contributed by atoms with Gasteiger partial charge in [0.2, 0.25) is 10.0 Å². The highest BCUT2D eigenvalue weighted by Gasteiger charge is 2.28. The van der Waals surface area contributed by atoms with Gasteiger partial charge in [0, 0.05) is 17.7 Å². The monoisotopic (exact) mass is 348 g/mol. The normalized spacial score (nSPS) is 17.4. The molecule has 0 amide bonds. The molecule has 1 aromatic carbocycles. The van der Waals surface area contributed by atoms with E-state index in [-0.39, 0.29) is 0 Å². The third-order valence-electron chi connectivity index (χ3n) is 3.18. The number of nitrogens with one attached hydrogen (secondary N) is 1. The lowest BCUT2D eigenvalue weighted by Gasteiger charge is -2.23. The van der Waals surface area contributed by atoms with Crippen LogP contribution in [0.2, 0.25) is 0 Å². The summed E-state index contributed by atoms with van der Waals surface area (Å²) in [4.78, 5) is 0. The van der Waals surface area contributed by atoms with E-state index in [1.54, 1.807) is 6.07 Å². The van der Waals surface area contributed by atoms with E-state index < -0.39 is 15.3 Å². The fourth-order valence-electron chi connectivity index (χ4n) is 2.12. The van der Waals surface area contributed by atoms with E-state index >= 15 is 0 Å². The van der Waals surface area contributed by atoms with Crippen LogP contribution in [0.4, 0.5) is 11.4 Å². The molecule has 1 aliphatic heterocycles. The maximum absolute atomic E-state index is 12.3. The molecular formula is C12H17BrN2O3S. The molecule has 0 spiro atoms. The fraction of sp³-hybridized carbons (Fsp3) is 0.500. The summed E-state index contributed by atoms with van der Waals surface area (Å²) < 4.78 is 33.3. The molecule has 1 saturated heterocycles. The van der Waals surface area contributed by atoms with Gasteiger partial charge in [0.05, 0.1) is 16.6 Å². The molecule has 0 saturated carbocycles. The predicted molar refractivity (Wildman–Crippen MR) is 79.7 cm³/mol. The Bertz CT molecular complexity index is 545. The van der Waals surface area contributed by atoms with E-state index in [0.29, 0.717) is 37.4 Å². The van der Waals surface area contributed by atoms with Gasteiger partial charge in [-0.1, -0.05) is 15.9 Å². The minimum Gasteiger partial charge on any atom is -0.397 e. The first kappa shape index (κ1) is 14.6. The molecule has 0 radical (unpaired) electrons. The lowest BCUT2D eigenvalue weighted by molar-refractivity contribution is 0.0984. The Kier molecular flexibility index (Phi) is 4.37. The van der Waals surface area contributed by atoms with Crippen molar-refractivity contribution in [2.24, 2.45) is 0 Å². The SMILES string of the molecule is Cc1cc(Br)cc(N)c1NS(=O)(=O)C1CCOCC1. The van der Waals surface area contributed by atoms with Gasteiger partial charge in [-0.05, 0) is 37.5 Å². The maximum atomic E-state index is 12.3. The Morgan fingerprint density at radius 2 is 2.00 bits per heavy atom. The zero-order valence-electron chi connectivity index (χ0n) is 10.6. The molecule has 7 heteroatoms. The zero-order chi connectivity index (χ0) is 14.0. The van der Waals surface area contributed by atoms with Crippen LogP contribution in [-0.2, 0) is 14.8 Å². The Morgan fingerprint density at radius 1 is 1.37 bits per heavy atom. The molecule has 0 atom stereocenters. The first-order chi connectivity index (χ1) is 8.90. The van der Waals surface area contributed by atoms with Gasteiger partial charge >= 0.3 is 0 Å². The first-order valence-corrected chi connectivity index (χ1v) is 8.39. The van der Waals surface area contributed by atoms with Crippen LogP contribution in [0.15, 0.2) is 16.6 Å². The second kappa shape index (κ2) is 5.68. The molecular weight excluding hydrogens is 332 g/mol. The summed E-state index contributed by atoms with van der Waals surface area (Å²) in [6, 6.07) is 3.52. The van der Waals surface area contributed by atoms with E-state index in [0.717, 1.165) is 10.0 Å². The first-order valence-electron chi connectivity index (χ1n) is 6.05. The number of benzene rings is 1. The van der Waals surface area contributed by atoms with Crippen molar-refractivity contribution >= 4 is 37.3 Å². The number of aryl methyl sites for hydroxylation is 1. The number of hydrogen-bond acceptors (Lipinski definition) is 4. The Morgan fingerprint density at radius 3 is 2.58 bits per heavy atom. The van der Waals surface area contributed by atoms with E-state index in [2.05, 4.69) is 20.7 Å². The second-order valence-electron chi connectivity index (χ2n) is 4.65. The predicted octanol–water partition coefficient (Wildman–Crippen LogP) is 2.26. The average Bonchev–Trinajstić information content (AvgIpc) is 2.35. The van der Waals surface area contributed by atoms with E-state index in [9.17, 15) is 8.42 Å². The highest BCUT2D eigenvalue weighted by atomic mass is 79.9. The molecule has 106 valence electrons. The van der Waals surface area contributed by atoms with Gasteiger partial charge in [-0.25, -0.2) is 8.42 Å². The van der Waals surface area contributed by atoms with Gasteiger partial charge < -0.3 is 10.5 Å². The van der Waals surface area contributed by atoms with Crippen molar-refractivity contribution in [2.45, 2.75) is 25.0 Å². The van der Waals surface area contributed by atoms with Crippen molar-refractivity contribution in [3.05, 3.63) is 22.2 Å². The molecule has 1 heterocycles. The number of anilines is 2. The number of ether oxygens (including phenoxy) is 1. The minimum absolute atomic E-state index is 0.413. The molecule has 1 fully saturated rings. The molecule has 0 unspecified atom stereocenters. The van der Waals surface area contributed by atoms with Crippen molar-refractivity contribution in [1.82, 2.24) is 0 Å². The van der Waals surface area contributed by atoms with Crippen LogP contribution in [0, 0.1) is 6.92 Å². The summed E-state index contributed by atoms with van der Waals surface area (Å²) in [5, 5.41) is -0.413. The molecule has 1 aliphatic rings. The number of halogens is 1. The summed E-state index contributed by atoms with van der Waals surface area (Å²) in [5.74, 6) is 0. The van der Waals surface area contributed by atoms with Gasteiger partial charge in [-0.2, -0.15) is 0 Å². The topological polar surface area (TPSA) is 81.4 Å². The largest absolute Gasteiger partial charge is 0.397 e. The third-order valence-corrected chi connectivity index (χ3v) is 5.48. The quantitative estimate of drug-likeness (QED) is 0.821. The molecule has 19 heavy (non-hydrogen) atoms. The van der Waals surface area contributed by atoms with Crippen molar-refractivity contribution in [3.8, 4) is 0 Å². The van der Waals surface area contributed by atoms with Crippen molar-refractivity contribution in [2.75, 3.05) is 23.7 Å². The van der Waals surface area contributed by atoms with E-state index in [1.165, 1.54) is 0 Å². The average molecular weight is 349 g/mol. The van der Waals surface area contributed by atoms with Gasteiger partial charge in [0.15, 0.2) is 0 Å². The number of sulfonamides is 1. The fourth-order valence-corrected chi connectivity index (χ4v) is 4.25. The second-order valence-corrected chi connectivity index (χ2v) is 7.52. The third kappa shape index (κ3) is 3.40. The molecule has 5 nitrogen and oxygen atoms in total. The molecule has 0 bridgehead atoms. The van der Waals surface area contributed by atoms with Crippen LogP contribution < -0.4 is 10.5 Å². The lowest BCUT2D eigenvalue weighted by Crippen LogP contribution is -2.33. The van der Waals surface area contributed by atoms with Crippen LogP contribution in [0.3, 0.4) is 0 Å².